The van der Waals surface area contributed by atoms with Gasteiger partial charge in [-0.05, 0) is 42.6 Å². The number of rotatable bonds is 37. The zero-order valence-electron chi connectivity index (χ0n) is 45.1. The summed E-state index contributed by atoms with van der Waals surface area (Å²) in [6.45, 7) is 21.0. The van der Waals surface area contributed by atoms with E-state index < -0.39 is 36.0 Å². The Morgan fingerprint density at radius 1 is 0.778 bits per heavy atom. The number of likely N-dealkylation sites (tertiary alicyclic amines) is 1. The molecule has 2 aliphatic heterocycles. The molecule has 3 rings (SSSR count). The number of hydrogen-bond donors (Lipinski definition) is 3. The summed E-state index contributed by atoms with van der Waals surface area (Å²) in [5, 5.41) is 15.1. The third kappa shape index (κ3) is 21.1. The van der Waals surface area contributed by atoms with Gasteiger partial charge in [-0.3, -0.25) is 28.9 Å². The lowest BCUT2D eigenvalue weighted by Gasteiger charge is -2.41. The zero-order chi connectivity index (χ0) is 52.3. The number of amides is 3. The molecule has 3 N–H and O–H groups in total. The number of hydrogen-bond acceptors (Lipinski definition) is 14. The number of Topliss-reactive ketones (excluding diaryl/α,β-unsaturated/α-hetero) is 2. The molecule has 2 saturated heterocycles. The summed E-state index contributed by atoms with van der Waals surface area (Å²) in [4.78, 5) is 77.0. The highest BCUT2D eigenvalue weighted by molar-refractivity contribution is 5.90. The first-order valence-corrected chi connectivity index (χ1v) is 26.5. The van der Waals surface area contributed by atoms with Crippen molar-refractivity contribution in [2.45, 2.75) is 131 Å². The minimum absolute atomic E-state index is 0. The molecule has 0 radical (unpaired) electrons. The lowest BCUT2D eigenvalue weighted by molar-refractivity contribution is -0.149. The van der Waals surface area contributed by atoms with Crippen LogP contribution in [0.4, 0.5) is 0 Å². The molecule has 0 aliphatic carbocycles. The molecule has 2 fully saturated rings. The quantitative estimate of drug-likeness (QED) is 0.0777. The Balaban J connectivity index is 0.0000178. The van der Waals surface area contributed by atoms with Gasteiger partial charge in [0.25, 0.3) is 0 Å². The van der Waals surface area contributed by atoms with Crippen molar-refractivity contribution in [1.29, 1.82) is 0 Å². The number of aliphatic hydroxyl groups excluding tert-OH is 1. The SMILES string of the molecule is C.CC[C@H](C)[C@@H]([C@@H](CC(=O)N1CCC[C@H]1[C@H](OC)[C@@H](C)C(=O)C[C@@H](Cc1ccccc1)C(=O)NCCOCCOCCOCCOCCO)OC)N(C)C(=O)[C@@H](CC(=O)[C@H](C(C)C)N1CCNCC1)C(C)C. The number of likely N-dealkylation sites (N-methyl/N-ethyl adjacent to an activating group) is 1. The maximum Gasteiger partial charge on any atom is 0.226 e. The maximum atomic E-state index is 14.6. The van der Waals surface area contributed by atoms with Crippen molar-refractivity contribution in [3.8, 4) is 0 Å². The van der Waals surface area contributed by atoms with Crippen LogP contribution in [-0.2, 0) is 58.8 Å². The van der Waals surface area contributed by atoms with E-state index in [9.17, 15) is 24.0 Å². The number of methoxy groups -OCH3 is 2. The first-order chi connectivity index (χ1) is 34.1. The largest absolute Gasteiger partial charge is 0.394 e. The highest BCUT2D eigenvalue weighted by atomic mass is 16.6. The first kappa shape index (κ1) is 64.7. The third-order valence-electron chi connectivity index (χ3n) is 14.4. The molecule has 9 atom stereocenters. The van der Waals surface area contributed by atoms with Gasteiger partial charge in [-0.2, -0.15) is 0 Å². The van der Waals surface area contributed by atoms with Crippen LogP contribution in [0.5, 0.6) is 0 Å². The second-order valence-electron chi connectivity index (χ2n) is 20.1. The van der Waals surface area contributed by atoms with Crippen LogP contribution >= 0.6 is 0 Å². The molecule has 0 saturated carbocycles. The van der Waals surface area contributed by atoms with Crippen LogP contribution in [-0.4, -0.2) is 199 Å². The van der Waals surface area contributed by atoms with Crippen LogP contribution < -0.4 is 10.6 Å². The smallest absolute Gasteiger partial charge is 0.226 e. The molecule has 3 amide bonds. The van der Waals surface area contributed by atoms with Gasteiger partial charge in [-0.25, -0.2) is 0 Å². The summed E-state index contributed by atoms with van der Waals surface area (Å²) >= 11 is 0. The second kappa shape index (κ2) is 35.7. The van der Waals surface area contributed by atoms with Gasteiger partial charge in [0, 0.05) is 91.1 Å². The number of nitrogens with one attached hydrogen (secondary N) is 2. The van der Waals surface area contributed by atoms with Crippen molar-refractivity contribution in [2.75, 3.05) is 120 Å². The fourth-order valence-corrected chi connectivity index (χ4v) is 10.3. The lowest BCUT2D eigenvalue weighted by atomic mass is 9.83. The van der Waals surface area contributed by atoms with Gasteiger partial charge >= 0.3 is 0 Å². The molecule has 0 unspecified atom stereocenters. The molecule has 1 aromatic carbocycles. The van der Waals surface area contributed by atoms with Gasteiger partial charge in [-0.15, -0.1) is 0 Å². The number of carbonyl (C=O) groups excluding carboxylic acids is 5. The van der Waals surface area contributed by atoms with Crippen LogP contribution in [0.1, 0.15) is 100.0 Å². The highest BCUT2D eigenvalue weighted by Crippen LogP contribution is 2.32. The summed E-state index contributed by atoms with van der Waals surface area (Å²) in [5.74, 6) is -2.32. The summed E-state index contributed by atoms with van der Waals surface area (Å²) in [6.07, 6.45) is 1.43. The highest BCUT2D eigenvalue weighted by Gasteiger charge is 2.44. The van der Waals surface area contributed by atoms with E-state index in [4.69, 9.17) is 33.5 Å². The summed E-state index contributed by atoms with van der Waals surface area (Å²) in [7, 11) is 4.94. The number of carbonyl (C=O) groups is 5. The molecule has 414 valence electrons. The Kier molecular flexibility index (Phi) is 32.1. The molecular formula is C55H97N5O12. The number of piperazine rings is 1. The van der Waals surface area contributed by atoms with Crippen LogP contribution in [0.15, 0.2) is 30.3 Å². The van der Waals surface area contributed by atoms with Crippen LogP contribution in [0.25, 0.3) is 0 Å². The van der Waals surface area contributed by atoms with E-state index in [1.165, 1.54) is 0 Å². The predicted octanol–water partition coefficient (Wildman–Crippen LogP) is 4.70. The van der Waals surface area contributed by atoms with Gasteiger partial charge in [0.15, 0.2) is 5.78 Å². The average molecular weight is 1020 g/mol. The lowest BCUT2D eigenvalue weighted by Crippen LogP contribution is -2.55. The standard InChI is InChI=1S/C54H93N5O12.CH4/c1-11-40(6)51(57(8)54(65)44(38(2)3)36-47(62)50(39(4)5)58-23-19-55-20-24-58)48(66-9)37-49(63)59-22-15-18-45(59)52(67-10)41(7)46(61)35-43(34-42-16-13-12-14-17-42)53(64)56-21-26-68-28-30-70-32-33-71-31-29-69-27-25-60;/h12-14,16-17,38-41,43-45,48,50-52,55,60H,11,15,18-37H2,1-10H3,(H,56,64);1H4/t40-,41-,43+,44-,45-,48+,50-,51-,52+;/m0./s1. The monoisotopic (exact) mass is 1020 g/mol. The summed E-state index contributed by atoms with van der Waals surface area (Å²) < 4.78 is 34.0. The van der Waals surface area contributed by atoms with E-state index >= 15 is 0 Å². The van der Waals surface area contributed by atoms with Crippen LogP contribution in [0, 0.1) is 35.5 Å². The molecule has 17 heteroatoms. The molecule has 0 bridgehead atoms. The number of ketones is 2. The minimum atomic E-state index is -0.638. The van der Waals surface area contributed by atoms with Crippen LogP contribution in [0.2, 0.25) is 0 Å². The van der Waals surface area contributed by atoms with E-state index in [0.29, 0.717) is 59.0 Å². The molecule has 0 spiro atoms. The predicted molar refractivity (Wildman–Crippen MR) is 281 cm³/mol. The second-order valence-corrected chi connectivity index (χ2v) is 20.1. The third-order valence-corrected chi connectivity index (χ3v) is 14.4. The van der Waals surface area contributed by atoms with Gasteiger partial charge in [-0.1, -0.05) is 92.6 Å². The van der Waals surface area contributed by atoms with Crippen molar-refractivity contribution in [3.05, 3.63) is 35.9 Å². The van der Waals surface area contributed by atoms with Crippen molar-refractivity contribution >= 4 is 29.3 Å². The van der Waals surface area contributed by atoms with Gasteiger partial charge in [0.1, 0.15) is 5.78 Å². The number of ether oxygens (including phenoxy) is 6. The molecular weight excluding hydrogens is 923 g/mol. The van der Waals surface area contributed by atoms with E-state index in [1.54, 1.807) is 26.2 Å². The van der Waals surface area contributed by atoms with Crippen molar-refractivity contribution in [2.24, 2.45) is 35.5 Å². The number of nitrogens with zero attached hydrogens (tertiary/aromatic N) is 3. The van der Waals surface area contributed by atoms with Gasteiger partial charge < -0.3 is 54.0 Å². The fourth-order valence-electron chi connectivity index (χ4n) is 10.3. The number of aliphatic hydroxyl groups is 1. The average Bonchev–Trinajstić information content (AvgIpc) is 3.85. The van der Waals surface area contributed by atoms with Crippen molar-refractivity contribution < 1.29 is 57.5 Å². The summed E-state index contributed by atoms with van der Waals surface area (Å²) in [6, 6.07) is 8.55. The van der Waals surface area contributed by atoms with Gasteiger partial charge in [0.2, 0.25) is 17.7 Å². The van der Waals surface area contributed by atoms with E-state index in [2.05, 4.69) is 43.2 Å². The molecule has 2 aliphatic rings. The minimum Gasteiger partial charge on any atom is -0.394 e. The Bertz CT molecular complexity index is 1680. The van der Waals surface area contributed by atoms with Gasteiger partial charge in [0.05, 0.1) is 96.2 Å². The molecule has 0 aromatic heterocycles. The molecule has 72 heavy (non-hydrogen) atoms. The maximum absolute atomic E-state index is 14.6. The Morgan fingerprint density at radius 2 is 1.38 bits per heavy atom. The van der Waals surface area contributed by atoms with Crippen LogP contribution in [0.3, 0.4) is 0 Å². The Labute approximate surface area is 433 Å². The zero-order valence-corrected chi connectivity index (χ0v) is 45.1. The normalized spacial score (nSPS) is 18.7. The van der Waals surface area contributed by atoms with Crippen molar-refractivity contribution in [3.63, 3.8) is 0 Å². The topological polar surface area (TPSA) is 195 Å². The number of benzene rings is 1. The first-order valence-electron chi connectivity index (χ1n) is 26.5. The van der Waals surface area contributed by atoms with E-state index in [-0.39, 0.29) is 112 Å². The molecule has 2 heterocycles. The van der Waals surface area contributed by atoms with E-state index in [1.807, 2.05) is 56.0 Å². The van der Waals surface area contributed by atoms with E-state index in [0.717, 1.165) is 44.6 Å². The fraction of sp³-hybridized carbons (Fsp3) is 0.800. The molecule has 17 nitrogen and oxygen atoms in total. The molecule has 1 aromatic rings. The van der Waals surface area contributed by atoms with Crippen molar-refractivity contribution in [1.82, 2.24) is 25.3 Å². The summed E-state index contributed by atoms with van der Waals surface area (Å²) in [5.41, 5.74) is 0.938. The Hall–Kier alpha value is -3.39. The Morgan fingerprint density at radius 3 is 1.92 bits per heavy atom.